The monoisotopic (exact) mass is 270 g/mol. The molecular formula is C16H22N4. The second-order valence-electron chi connectivity index (χ2n) is 5.96. The Kier molecular flexibility index (Phi) is 3.93. The second kappa shape index (κ2) is 5.49. The van der Waals surface area contributed by atoms with Crippen LogP contribution in [0.25, 0.3) is 0 Å². The Bertz CT molecular complexity index is 573. The molecule has 0 radical (unpaired) electrons. The maximum atomic E-state index is 4.60. The first-order valence-corrected chi connectivity index (χ1v) is 6.78. The van der Waals surface area contributed by atoms with Crippen LogP contribution in [0.3, 0.4) is 0 Å². The second-order valence-corrected chi connectivity index (χ2v) is 5.96. The van der Waals surface area contributed by atoms with E-state index >= 15 is 0 Å². The van der Waals surface area contributed by atoms with Crippen molar-refractivity contribution in [2.24, 2.45) is 0 Å². The van der Waals surface area contributed by atoms with Crippen molar-refractivity contribution >= 4 is 17.5 Å². The molecule has 106 valence electrons. The Morgan fingerprint density at radius 2 is 1.70 bits per heavy atom. The SMILES string of the molecule is Cc1cc(N(C)c2ccccc2)nc(NC(C)(C)C)n1. The summed E-state index contributed by atoms with van der Waals surface area (Å²) < 4.78 is 0. The topological polar surface area (TPSA) is 41.1 Å². The molecule has 0 aliphatic heterocycles. The van der Waals surface area contributed by atoms with E-state index in [1.165, 1.54) is 0 Å². The Morgan fingerprint density at radius 3 is 2.30 bits per heavy atom. The van der Waals surface area contributed by atoms with Crippen molar-refractivity contribution in [2.75, 3.05) is 17.3 Å². The number of anilines is 3. The summed E-state index contributed by atoms with van der Waals surface area (Å²) in [5.74, 6) is 1.55. The van der Waals surface area contributed by atoms with Gasteiger partial charge in [0.05, 0.1) is 0 Å². The molecule has 4 nitrogen and oxygen atoms in total. The molecule has 2 aromatic rings. The van der Waals surface area contributed by atoms with E-state index in [1.807, 2.05) is 38.2 Å². The van der Waals surface area contributed by atoms with Gasteiger partial charge in [0.1, 0.15) is 5.82 Å². The third-order valence-electron chi connectivity index (χ3n) is 2.81. The predicted molar refractivity (Wildman–Crippen MR) is 84.6 cm³/mol. The van der Waals surface area contributed by atoms with Gasteiger partial charge in [0.25, 0.3) is 0 Å². The van der Waals surface area contributed by atoms with E-state index in [9.17, 15) is 0 Å². The van der Waals surface area contributed by atoms with Gasteiger partial charge in [-0.3, -0.25) is 0 Å². The Morgan fingerprint density at radius 1 is 1.05 bits per heavy atom. The first-order chi connectivity index (χ1) is 9.35. The maximum absolute atomic E-state index is 4.60. The largest absolute Gasteiger partial charge is 0.350 e. The molecule has 0 bridgehead atoms. The van der Waals surface area contributed by atoms with E-state index in [0.717, 1.165) is 17.2 Å². The molecule has 1 aromatic heterocycles. The number of nitrogens with zero attached hydrogens (tertiary/aromatic N) is 3. The van der Waals surface area contributed by atoms with Gasteiger partial charge >= 0.3 is 0 Å². The summed E-state index contributed by atoms with van der Waals surface area (Å²) in [6.45, 7) is 8.27. The van der Waals surface area contributed by atoms with E-state index in [-0.39, 0.29) is 5.54 Å². The summed E-state index contributed by atoms with van der Waals surface area (Å²) in [7, 11) is 2.01. The summed E-state index contributed by atoms with van der Waals surface area (Å²) >= 11 is 0. The van der Waals surface area contributed by atoms with Crippen LogP contribution in [0.1, 0.15) is 26.5 Å². The van der Waals surface area contributed by atoms with Gasteiger partial charge in [-0.25, -0.2) is 4.98 Å². The van der Waals surface area contributed by atoms with Crippen LogP contribution in [0.5, 0.6) is 0 Å². The number of aromatic nitrogens is 2. The van der Waals surface area contributed by atoms with Gasteiger partial charge in [-0.2, -0.15) is 4.98 Å². The fourth-order valence-corrected chi connectivity index (χ4v) is 1.90. The van der Waals surface area contributed by atoms with Crippen molar-refractivity contribution in [3.8, 4) is 0 Å². The van der Waals surface area contributed by atoms with Gasteiger partial charge < -0.3 is 10.2 Å². The molecule has 1 N–H and O–H groups in total. The molecule has 0 saturated carbocycles. The summed E-state index contributed by atoms with van der Waals surface area (Å²) in [6, 6.07) is 12.2. The van der Waals surface area contributed by atoms with Crippen LogP contribution in [0.4, 0.5) is 17.5 Å². The summed E-state index contributed by atoms with van der Waals surface area (Å²) in [5.41, 5.74) is 1.99. The van der Waals surface area contributed by atoms with Crippen molar-refractivity contribution < 1.29 is 0 Å². The minimum Gasteiger partial charge on any atom is -0.350 e. The van der Waals surface area contributed by atoms with Crippen LogP contribution in [-0.4, -0.2) is 22.6 Å². The summed E-state index contributed by atoms with van der Waals surface area (Å²) in [6.07, 6.45) is 0. The molecule has 20 heavy (non-hydrogen) atoms. The third kappa shape index (κ3) is 3.70. The van der Waals surface area contributed by atoms with Crippen LogP contribution in [0.2, 0.25) is 0 Å². The van der Waals surface area contributed by atoms with E-state index in [1.54, 1.807) is 0 Å². The number of benzene rings is 1. The molecule has 0 amide bonds. The lowest BCUT2D eigenvalue weighted by Crippen LogP contribution is -2.28. The Labute approximate surface area is 120 Å². The zero-order valence-electron chi connectivity index (χ0n) is 12.8. The van der Waals surface area contributed by atoms with Gasteiger partial charge in [0.15, 0.2) is 0 Å². The van der Waals surface area contributed by atoms with Crippen molar-refractivity contribution in [1.82, 2.24) is 9.97 Å². The summed E-state index contributed by atoms with van der Waals surface area (Å²) in [4.78, 5) is 11.1. The number of nitrogens with one attached hydrogen (secondary N) is 1. The lowest BCUT2D eigenvalue weighted by atomic mass is 10.1. The molecule has 2 rings (SSSR count). The molecule has 0 aliphatic carbocycles. The number of hydrogen-bond donors (Lipinski definition) is 1. The fraction of sp³-hybridized carbons (Fsp3) is 0.375. The molecule has 0 fully saturated rings. The van der Waals surface area contributed by atoms with Crippen molar-refractivity contribution in [1.29, 1.82) is 0 Å². The smallest absolute Gasteiger partial charge is 0.225 e. The third-order valence-corrected chi connectivity index (χ3v) is 2.81. The zero-order valence-corrected chi connectivity index (χ0v) is 12.8. The minimum atomic E-state index is -0.0591. The van der Waals surface area contributed by atoms with E-state index < -0.39 is 0 Å². The minimum absolute atomic E-state index is 0.0591. The van der Waals surface area contributed by atoms with Crippen LogP contribution in [0, 0.1) is 6.92 Å². The average molecular weight is 270 g/mol. The van der Waals surface area contributed by atoms with Crippen LogP contribution < -0.4 is 10.2 Å². The van der Waals surface area contributed by atoms with Gasteiger partial charge in [-0.05, 0) is 39.8 Å². The van der Waals surface area contributed by atoms with Gasteiger partial charge in [0, 0.05) is 30.0 Å². The lowest BCUT2D eigenvalue weighted by Gasteiger charge is -2.23. The normalized spacial score (nSPS) is 11.2. The quantitative estimate of drug-likeness (QED) is 0.922. The van der Waals surface area contributed by atoms with Crippen LogP contribution >= 0.6 is 0 Å². The highest BCUT2D eigenvalue weighted by atomic mass is 15.2. The Balaban J connectivity index is 2.33. The van der Waals surface area contributed by atoms with Crippen LogP contribution in [0.15, 0.2) is 36.4 Å². The standard InChI is InChI=1S/C16H22N4/c1-12-11-14(18-15(17-12)19-16(2,3)4)20(5)13-9-7-6-8-10-13/h6-11H,1-5H3,(H,17,18,19). The molecule has 0 saturated heterocycles. The molecule has 0 unspecified atom stereocenters. The van der Waals surface area contributed by atoms with Crippen molar-refractivity contribution in [2.45, 2.75) is 33.2 Å². The first-order valence-electron chi connectivity index (χ1n) is 6.78. The molecular weight excluding hydrogens is 248 g/mol. The molecule has 1 heterocycles. The molecule has 1 aromatic carbocycles. The maximum Gasteiger partial charge on any atom is 0.225 e. The zero-order chi connectivity index (χ0) is 14.8. The van der Waals surface area contributed by atoms with E-state index in [0.29, 0.717) is 5.95 Å². The Hall–Kier alpha value is -2.10. The number of hydrogen-bond acceptors (Lipinski definition) is 4. The van der Waals surface area contributed by atoms with Crippen molar-refractivity contribution in [3.63, 3.8) is 0 Å². The van der Waals surface area contributed by atoms with Gasteiger partial charge in [-0.1, -0.05) is 18.2 Å². The lowest BCUT2D eigenvalue weighted by molar-refractivity contribution is 0.625. The number of aryl methyl sites for hydroxylation is 1. The fourth-order valence-electron chi connectivity index (χ4n) is 1.90. The average Bonchev–Trinajstić information content (AvgIpc) is 2.36. The summed E-state index contributed by atoms with van der Waals surface area (Å²) in [5, 5.41) is 3.32. The van der Waals surface area contributed by atoms with Gasteiger partial charge in [-0.15, -0.1) is 0 Å². The molecule has 0 aliphatic rings. The van der Waals surface area contributed by atoms with E-state index in [2.05, 4.69) is 53.1 Å². The molecule has 4 heteroatoms. The van der Waals surface area contributed by atoms with Crippen molar-refractivity contribution in [3.05, 3.63) is 42.1 Å². The highest BCUT2D eigenvalue weighted by Gasteiger charge is 2.14. The number of rotatable bonds is 3. The highest BCUT2D eigenvalue weighted by molar-refractivity contribution is 5.60. The molecule has 0 atom stereocenters. The molecule has 0 spiro atoms. The van der Waals surface area contributed by atoms with E-state index in [4.69, 9.17) is 0 Å². The first kappa shape index (κ1) is 14.3. The predicted octanol–water partition coefficient (Wildman–Crippen LogP) is 3.76. The van der Waals surface area contributed by atoms with Gasteiger partial charge in [0.2, 0.25) is 5.95 Å². The highest BCUT2D eigenvalue weighted by Crippen LogP contribution is 2.23. The van der Waals surface area contributed by atoms with Crippen LogP contribution in [-0.2, 0) is 0 Å². The number of para-hydroxylation sites is 1.